The van der Waals surface area contributed by atoms with Crippen LogP contribution < -0.4 is 10.6 Å². The molecule has 0 saturated carbocycles. The number of alkyl carbamates (subject to hydrolysis) is 1. The van der Waals surface area contributed by atoms with Crippen molar-refractivity contribution in [2.75, 3.05) is 18.9 Å². The van der Waals surface area contributed by atoms with E-state index in [1.165, 1.54) is 0 Å². The van der Waals surface area contributed by atoms with E-state index in [-0.39, 0.29) is 17.3 Å². The summed E-state index contributed by atoms with van der Waals surface area (Å²) in [5.41, 5.74) is 4.38. The topological polar surface area (TPSA) is 105 Å². The van der Waals surface area contributed by atoms with E-state index < -0.39 is 30.4 Å². The van der Waals surface area contributed by atoms with Crippen molar-refractivity contribution in [2.24, 2.45) is 0 Å². The highest BCUT2D eigenvalue weighted by Gasteiger charge is 2.33. The lowest BCUT2D eigenvalue weighted by Crippen LogP contribution is -2.50. The third-order valence-corrected chi connectivity index (χ3v) is 7.81. The van der Waals surface area contributed by atoms with Crippen LogP contribution in [0.3, 0.4) is 0 Å². The molecule has 8 heteroatoms. The quantitative estimate of drug-likeness (QED) is 0.545. The lowest BCUT2D eigenvalue weighted by atomic mass is 9.98. The van der Waals surface area contributed by atoms with Crippen LogP contribution in [0.5, 0.6) is 0 Å². The number of rotatable bonds is 8. The average Bonchev–Trinajstić information content (AvgIpc) is 3.37. The van der Waals surface area contributed by atoms with Gasteiger partial charge in [-0.15, -0.1) is 0 Å². The van der Waals surface area contributed by atoms with Gasteiger partial charge in [0.15, 0.2) is 0 Å². The standard InChI is InChI=1S/C25H28N2O5S/c1-25(11-6-12-33-25)15-26-23(30)21(13-22(28)29)27-24(31)32-14-20-18-9-4-2-7-16(18)17-8-3-5-10-19(17)20/h2-5,7-10,20-21H,6,11-15H2,1H3,(H,26,30)(H,27,31)(H,28,29). The molecule has 2 unspecified atom stereocenters. The number of aliphatic carboxylic acids is 1. The zero-order valence-electron chi connectivity index (χ0n) is 18.5. The number of thioether (sulfide) groups is 1. The van der Waals surface area contributed by atoms with Crippen LogP contribution in [0.4, 0.5) is 4.79 Å². The molecule has 174 valence electrons. The largest absolute Gasteiger partial charge is 0.481 e. The van der Waals surface area contributed by atoms with Crippen molar-refractivity contribution in [3.05, 3.63) is 59.7 Å². The summed E-state index contributed by atoms with van der Waals surface area (Å²) in [5, 5.41) is 14.5. The number of carbonyl (C=O) groups is 3. The van der Waals surface area contributed by atoms with E-state index in [2.05, 4.69) is 17.6 Å². The Labute approximate surface area is 197 Å². The molecule has 1 saturated heterocycles. The van der Waals surface area contributed by atoms with Crippen LogP contribution in [-0.2, 0) is 14.3 Å². The van der Waals surface area contributed by atoms with Crippen LogP contribution in [0.2, 0.25) is 0 Å². The number of carboxylic acid groups (broad SMARTS) is 1. The van der Waals surface area contributed by atoms with E-state index in [1.54, 1.807) is 11.8 Å². The van der Waals surface area contributed by atoms with E-state index in [0.717, 1.165) is 40.8 Å². The van der Waals surface area contributed by atoms with E-state index >= 15 is 0 Å². The van der Waals surface area contributed by atoms with E-state index in [0.29, 0.717) is 6.54 Å². The summed E-state index contributed by atoms with van der Waals surface area (Å²) in [6.07, 6.45) is 0.758. The molecule has 0 spiro atoms. The molecule has 7 nitrogen and oxygen atoms in total. The minimum atomic E-state index is -1.20. The van der Waals surface area contributed by atoms with Crippen molar-refractivity contribution in [1.82, 2.24) is 10.6 Å². The lowest BCUT2D eigenvalue weighted by Gasteiger charge is -2.25. The van der Waals surface area contributed by atoms with Crippen molar-refractivity contribution in [3.8, 4) is 11.1 Å². The number of hydrogen-bond donors (Lipinski definition) is 3. The first-order chi connectivity index (χ1) is 15.9. The fourth-order valence-corrected chi connectivity index (χ4v) is 5.78. The highest BCUT2D eigenvalue weighted by Crippen LogP contribution is 2.44. The molecule has 1 aliphatic heterocycles. The van der Waals surface area contributed by atoms with Crippen molar-refractivity contribution in [3.63, 3.8) is 0 Å². The Morgan fingerprint density at radius 2 is 1.76 bits per heavy atom. The molecule has 2 aromatic carbocycles. The zero-order valence-corrected chi connectivity index (χ0v) is 19.3. The Morgan fingerprint density at radius 3 is 2.33 bits per heavy atom. The second kappa shape index (κ2) is 9.87. The van der Waals surface area contributed by atoms with Crippen LogP contribution in [0, 0.1) is 0 Å². The highest BCUT2D eigenvalue weighted by atomic mass is 32.2. The monoisotopic (exact) mass is 468 g/mol. The smallest absolute Gasteiger partial charge is 0.407 e. The molecule has 0 bridgehead atoms. The first kappa shape index (κ1) is 23.2. The molecule has 2 atom stereocenters. The van der Waals surface area contributed by atoms with E-state index in [4.69, 9.17) is 4.74 Å². The molecular weight excluding hydrogens is 440 g/mol. The average molecular weight is 469 g/mol. The first-order valence-electron chi connectivity index (χ1n) is 11.1. The molecule has 0 radical (unpaired) electrons. The number of benzene rings is 2. The molecular formula is C25H28N2O5S. The summed E-state index contributed by atoms with van der Waals surface area (Å²) in [5.74, 6) is -0.757. The van der Waals surface area contributed by atoms with Gasteiger partial charge in [0.1, 0.15) is 12.6 Å². The van der Waals surface area contributed by atoms with E-state index in [9.17, 15) is 19.5 Å². The van der Waals surface area contributed by atoms with Gasteiger partial charge in [-0.05, 0) is 47.8 Å². The van der Waals surface area contributed by atoms with Crippen LogP contribution in [-0.4, -0.2) is 52.8 Å². The van der Waals surface area contributed by atoms with Gasteiger partial charge in [0.25, 0.3) is 0 Å². The minimum Gasteiger partial charge on any atom is -0.481 e. The minimum absolute atomic E-state index is 0.0623. The predicted molar refractivity (Wildman–Crippen MR) is 127 cm³/mol. The Hall–Kier alpha value is -3.00. The molecule has 2 aliphatic rings. The number of fused-ring (bicyclic) bond motifs is 3. The normalized spacial score (nSPS) is 19.9. The maximum Gasteiger partial charge on any atom is 0.407 e. The maximum atomic E-state index is 12.6. The molecule has 33 heavy (non-hydrogen) atoms. The molecule has 3 N–H and O–H groups in total. The summed E-state index contributed by atoms with van der Waals surface area (Å²) in [7, 11) is 0. The third-order valence-electron chi connectivity index (χ3n) is 6.27. The number of hydrogen-bond acceptors (Lipinski definition) is 5. The van der Waals surface area contributed by atoms with Crippen molar-refractivity contribution in [2.45, 2.75) is 42.9 Å². The van der Waals surface area contributed by atoms with Crippen LogP contribution in [0.1, 0.15) is 43.2 Å². The van der Waals surface area contributed by atoms with Gasteiger partial charge in [-0.2, -0.15) is 11.8 Å². The Balaban J connectivity index is 1.38. The van der Waals surface area contributed by atoms with Gasteiger partial charge in [0.05, 0.1) is 6.42 Å². The van der Waals surface area contributed by atoms with Crippen LogP contribution in [0.25, 0.3) is 11.1 Å². The van der Waals surface area contributed by atoms with Gasteiger partial charge in [0, 0.05) is 17.2 Å². The van der Waals surface area contributed by atoms with Crippen LogP contribution >= 0.6 is 11.8 Å². The van der Waals surface area contributed by atoms with Gasteiger partial charge in [-0.1, -0.05) is 48.5 Å². The van der Waals surface area contributed by atoms with E-state index in [1.807, 2.05) is 48.5 Å². The predicted octanol–water partition coefficient (Wildman–Crippen LogP) is 3.77. The molecule has 1 heterocycles. The number of carbonyl (C=O) groups excluding carboxylic acids is 2. The van der Waals surface area contributed by atoms with Crippen molar-refractivity contribution in [1.29, 1.82) is 0 Å². The maximum absolute atomic E-state index is 12.6. The Bertz CT molecular complexity index is 1010. The summed E-state index contributed by atoms with van der Waals surface area (Å²) in [6.45, 7) is 2.60. The Morgan fingerprint density at radius 1 is 1.12 bits per heavy atom. The number of ether oxygens (including phenoxy) is 1. The number of amides is 2. The van der Waals surface area contributed by atoms with Gasteiger partial charge in [-0.3, -0.25) is 9.59 Å². The molecule has 2 amide bonds. The summed E-state index contributed by atoms with van der Waals surface area (Å²) in [4.78, 5) is 36.5. The second-order valence-corrected chi connectivity index (χ2v) is 10.4. The second-order valence-electron chi connectivity index (χ2n) is 8.74. The fourth-order valence-electron chi connectivity index (χ4n) is 4.54. The SMILES string of the molecule is CC1(CNC(=O)C(CC(=O)O)NC(=O)OCC2c3ccccc3-c3ccccc32)CCCS1. The molecule has 2 aromatic rings. The Kier molecular flexibility index (Phi) is 6.93. The van der Waals surface area contributed by atoms with Crippen molar-refractivity contribution >= 4 is 29.7 Å². The zero-order chi connectivity index (χ0) is 23.4. The molecule has 1 aliphatic carbocycles. The fraction of sp³-hybridized carbons (Fsp3) is 0.400. The van der Waals surface area contributed by atoms with Gasteiger partial charge < -0.3 is 20.5 Å². The lowest BCUT2D eigenvalue weighted by molar-refractivity contribution is -0.139. The molecule has 0 aromatic heterocycles. The highest BCUT2D eigenvalue weighted by molar-refractivity contribution is 8.00. The summed E-state index contributed by atoms with van der Waals surface area (Å²) < 4.78 is 5.41. The first-order valence-corrected chi connectivity index (χ1v) is 12.1. The third kappa shape index (κ3) is 5.33. The summed E-state index contributed by atoms with van der Waals surface area (Å²) >= 11 is 1.79. The number of carboxylic acids is 1. The molecule has 4 rings (SSSR count). The van der Waals surface area contributed by atoms with Gasteiger partial charge in [-0.25, -0.2) is 4.79 Å². The number of nitrogens with one attached hydrogen (secondary N) is 2. The summed E-state index contributed by atoms with van der Waals surface area (Å²) in [6, 6.07) is 14.8. The van der Waals surface area contributed by atoms with Crippen LogP contribution in [0.15, 0.2) is 48.5 Å². The van der Waals surface area contributed by atoms with Crippen molar-refractivity contribution < 1.29 is 24.2 Å². The molecule has 1 fully saturated rings. The van der Waals surface area contributed by atoms with Gasteiger partial charge >= 0.3 is 12.1 Å². The van der Waals surface area contributed by atoms with Gasteiger partial charge in [0.2, 0.25) is 5.91 Å².